The molecule has 0 N–H and O–H groups in total. The number of alkyl halides is 3. The zero-order valence-electron chi connectivity index (χ0n) is 13.2. The average molecular weight is 356 g/mol. The van der Waals surface area contributed by atoms with E-state index in [9.17, 15) is 17.6 Å². The third-order valence-corrected chi connectivity index (χ3v) is 4.07. The van der Waals surface area contributed by atoms with Gasteiger partial charge in [0.25, 0.3) is 0 Å². The van der Waals surface area contributed by atoms with Crippen LogP contribution in [0, 0.1) is 11.7 Å². The highest BCUT2D eigenvalue weighted by Crippen LogP contribution is 2.30. The number of aromatic nitrogens is 3. The molecule has 0 spiro atoms. The summed E-state index contributed by atoms with van der Waals surface area (Å²) in [6.07, 6.45) is 0.487. The molecule has 25 heavy (non-hydrogen) atoms. The summed E-state index contributed by atoms with van der Waals surface area (Å²) in [5.41, 5.74) is -0.973. The van der Waals surface area contributed by atoms with Crippen LogP contribution in [0.25, 0.3) is 0 Å². The maximum atomic E-state index is 13.7. The van der Waals surface area contributed by atoms with Gasteiger partial charge in [-0.25, -0.2) is 14.4 Å². The van der Waals surface area contributed by atoms with Crippen LogP contribution in [0.15, 0.2) is 30.9 Å². The molecule has 0 bridgehead atoms. The zero-order valence-corrected chi connectivity index (χ0v) is 13.2. The minimum Gasteiger partial charge on any atom is -0.493 e. The normalized spacial score (nSPS) is 16.1. The predicted molar refractivity (Wildman–Crippen MR) is 81.7 cm³/mol. The van der Waals surface area contributed by atoms with Gasteiger partial charge >= 0.3 is 6.18 Å². The quantitative estimate of drug-likeness (QED) is 0.787. The SMILES string of the molecule is Fc1cncnc1N1CCC(COc2ccnc(C(F)(F)F)c2)CC1. The van der Waals surface area contributed by atoms with E-state index in [2.05, 4.69) is 15.0 Å². The number of piperidine rings is 1. The molecule has 1 saturated heterocycles. The van der Waals surface area contributed by atoms with Gasteiger partial charge in [-0.15, -0.1) is 0 Å². The topological polar surface area (TPSA) is 51.1 Å². The summed E-state index contributed by atoms with van der Waals surface area (Å²) < 4.78 is 57.1. The Balaban J connectivity index is 1.52. The van der Waals surface area contributed by atoms with Gasteiger partial charge < -0.3 is 9.64 Å². The van der Waals surface area contributed by atoms with Crippen LogP contribution in [0.3, 0.4) is 0 Å². The van der Waals surface area contributed by atoms with Gasteiger partial charge in [-0.3, -0.25) is 4.98 Å². The van der Waals surface area contributed by atoms with Crippen molar-refractivity contribution in [1.29, 1.82) is 0 Å². The Morgan fingerprint density at radius 2 is 1.96 bits per heavy atom. The van der Waals surface area contributed by atoms with E-state index in [0.717, 1.165) is 31.3 Å². The highest BCUT2D eigenvalue weighted by molar-refractivity contribution is 5.38. The number of anilines is 1. The molecule has 2 aromatic rings. The largest absolute Gasteiger partial charge is 0.493 e. The molecule has 0 atom stereocenters. The molecule has 134 valence electrons. The van der Waals surface area contributed by atoms with Crippen LogP contribution < -0.4 is 9.64 Å². The van der Waals surface area contributed by atoms with Crippen LogP contribution in [0.5, 0.6) is 5.75 Å². The fourth-order valence-electron chi connectivity index (χ4n) is 2.72. The predicted octanol–water partition coefficient (Wildman–Crippen LogP) is 3.32. The first kappa shape index (κ1) is 17.4. The first-order chi connectivity index (χ1) is 11.9. The maximum absolute atomic E-state index is 13.7. The summed E-state index contributed by atoms with van der Waals surface area (Å²) in [5, 5.41) is 0. The monoisotopic (exact) mass is 356 g/mol. The van der Waals surface area contributed by atoms with E-state index in [0.29, 0.717) is 19.7 Å². The molecule has 3 heterocycles. The Bertz CT molecular complexity index is 717. The van der Waals surface area contributed by atoms with Crippen molar-refractivity contribution in [3.63, 3.8) is 0 Å². The Morgan fingerprint density at radius 3 is 2.64 bits per heavy atom. The van der Waals surface area contributed by atoms with Crippen LogP contribution in [0.2, 0.25) is 0 Å². The molecule has 9 heteroatoms. The second-order valence-electron chi connectivity index (χ2n) is 5.81. The third-order valence-electron chi connectivity index (χ3n) is 4.07. The van der Waals surface area contributed by atoms with E-state index < -0.39 is 17.7 Å². The molecule has 0 amide bonds. The zero-order chi connectivity index (χ0) is 17.9. The molecule has 1 aliphatic heterocycles. The maximum Gasteiger partial charge on any atom is 0.433 e. The van der Waals surface area contributed by atoms with Crippen molar-refractivity contribution >= 4 is 5.82 Å². The van der Waals surface area contributed by atoms with E-state index in [1.807, 2.05) is 4.90 Å². The van der Waals surface area contributed by atoms with E-state index in [1.54, 1.807) is 0 Å². The molecule has 1 aliphatic rings. The lowest BCUT2D eigenvalue weighted by atomic mass is 9.98. The van der Waals surface area contributed by atoms with Gasteiger partial charge in [0.15, 0.2) is 11.6 Å². The summed E-state index contributed by atoms with van der Waals surface area (Å²) in [7, 11) is 0. The van der Waals surface area contributed by atoms with Gasteiger partial charge in [-0.1, -0.05) is 0 Å². The highest BCUT2D eigenvalue weighted by Gasteiger charge is 2.32. The van der Waals surface area contributed by atoms with Crippen LogP contribution in [-0.4, -0.2) is 34.6 Å². The van der Waals surface area contributed by atoms with Crippen molar-refractivity contribution in [2.45, 2.75) is 19.0 Å². The number of hydrogen-bond donors (Lipinski definition) is 0. The van der Waals surface area contributed by atoms with Crippen molar-refractivity contribution in [3.05, 3.63) is 42.4 Å². The lowest BCUT2D eigenvalue weighted by Gasteiger charge is -2.32. The molecular formula is C16H16F4N4O. The van der Waals surface area contributed by atoms with E-state index in [-0.39, 0.29) is 17.5 Å². The van der Waals surface area contributed by atoms with Crippen molar-refractivity contribution < 1.29 is 22.3 Å². The molecule has 0 unspecified atom stereocenters. The Kier molecular flexibility index (Phi) is 5.00. The number of halogens is 4. The molecule has 0 aromatic carbocycles. The fourth-order valence-corrected chi connectivity index (χ4v) is 2.72. The summed E-state index contributed by atoms with van der Waals surface area (Å²) in [6, 6.07) is 2.30. The average Bonchev–Trinajstić information content (AvgIpc) is 2.60. The number of ether oxygens (including phenoxy) is 1. The van der Waals surface area contributed by atoms with Crippen LogP contribution in [-0.2, 0) is 6.18 Å². The van der Waals surface area contributed by atoms with Gasteiger partial charge in [0, 0.05) is 25.4 Å². The molecular weight excluding hydrogens is 340 g/mol. The van der Waals surface area contributed by atoms with Gasteiger partial charge in [-0.2, -0.15) is 13.2 Å². The second kappa shape index (κ2) is 7.20. The summed E-state index contributed by atoms with van der Waals surface area (Å²) in [5.74, 6) is 0.141. The molecule has 1 fully saturated rings. The Hall–Kier alpha value is -2.45. The number of pyridine rings is 1. The van der Waals surface area contributed by atoms with Gasteiger partial charge in [-0.05, 0) is 24.8 Å². The summed E-state index contributed by atoms with van der Waals surface area (Å²) >= 11 is 0. The summed E-state index contributed by atoms with van der Waals surface area (Å²) in [6.45, 7) is 1.51. The Labute approximate surface area is 141 Å². The molecule has 0 radical (unpaired) electrons. The van der Waals surface area contributed by atoms with E-state index in [4.69, 9.17) is 4.74 Å². The number of nitrogens with zero attached hydrogens (tertiary/aromatic N) is 4. The Morgan fingerprint density at radius 1 is 1.20 bits per heavy atom. The summed E-state index contributed by atoms with van der Waals surface area (Å²) in [4.78, 5) is 12.7. The van der Waals surface area contributed by atoms with E-state index >= 15 is 0 Å². The van der Waals surface area contributed by atoms with Gasteiger partial charge in [0.2, 0.25) is 0 Å². The standard InChI is InChI=1S/C16H16F4N4O/c17-13-8-21-10-23-15(13)24-5-2-11(3-6-24)9-25-12-1-4-22-14(7-12)16(18,19)20/h1,4,7-8,10-11H,2-3,5-6,9H2. The number of rotatable bonds is 4. The van der Waals surface area contributed by atoms with Crippen LogP contribution in [0.4, 0.5) is 23.4 Å². The van der Waals surface area contributed by atoms with Crippen LogP contribution in [0.1, 0.15) is 18.5 Å². The number of hydrogen-bond acceptors (Lipinski definition) is 5. The highest BCUT2D eigenvalue weighted by atomic mass is 19.4. The first-order valence-corrected chi connectivity index (χ1v) is 7.80. The van der Waals surface area contributed by atoms with Crippen molar-refractivity contribution in [2.24, 2.45) is 5.92 Å². The van der Waals surface area contributed by atoms with E-state index in [1.165, 1.54) is 12.4 Å². The minimum absolute atomic E-state index is 0.145. The van der Waals surface area contributed by atoms with Crippen molar-refractivity contribution in [1.82, 2.24) is 15.0 Å². The molecule has 0 aliphatic carbocycles. The fraction of sp³-hybridized carbons (Fsp3) is 0.438. The van der Waals surface area contributed by atoms with Crippen molar-refractivity contribution in [3.8, 4) is 5.75 Å². The van der Waals surface area contributed by atoms with Gasteiger partial charge in [0.05, 0.1) is 12.8 Å². The molecule has 2 aromatic heterocycles. The third kappa shape index (κ3) is 4.34. The molecule has 0 saturated carbocycles. The minimum atomic E-state index is -4.49. The van der Waals surface area contributed by atoms with Crippen molar-refractivity contribution in [2.75, 3.05) is 24.6 Å². The molecule has 3 rings (SSSR count). The first-order valence-electron chi connectivity index (χ1n) is 7.80. The van der Waals surface area contributed by atoms with Crippen LogP contribution >= 0.6 is 0 Å². The van der Waals surface area contributed by atoms with Gasteiger partial charge in [0.1, 0.15) is 17.8 Å². The molecule has 5 nitrogen and oxygen atoms in total. The second-order valence-corrected chi connectivity index (χ2v) is 5.81. The lowest BCUT2D eigenvalue weighted by Crippen LogP contribution is -2.36. The lowest BCUT2D eigenvalue weighted by molar-refractivity contribution is -0.141. The smallest absolute Gasteiger partial charge is 0.433 e.